The van der Waals surface area contributed by atoms with Crippen molar-refractivity contribution in [2.24, 2.45) is 17.3 Å². The first kappa shape index (κ1) is 13.2. The lowest BCUT2D eigenvalue weighted by Crippen LogP contribution is -2.41. The molecule has 1 saturated heterocycles. The van der Waals surface area contributed by atoms with Crippen molar-refractivity contribution in [3.8, 4) is 0 Å². The summed E-state index contributed by atoms with van der Waals surface area (Å²) in [5.41, 5.74) is 2.55. The van der Waals surface area contributed by atoms with Gasteiger partial charge in [-0.05, 0) is 43.4 Å². The third-order valence-corrected chi connectivity index (χ3v) is 5.73. The number of fused-ring (bicyclic) bond motifs is 1. The van der Waals surface area contributed by atoms with Crippen LogP contribution in [0.3, 0.4) is 0 Å². The SMILES string of the molecule is C/C(=C1\C(=O)C[C@@H]2[C@H]1C2(C)C)N1CCCC[C@H]1CO. The number of hydrogen-bond acceptors (Lipinski definition) is 3. The van der Waals surface area contributed by atoms with E-state index in [1.807, 2.05) is 0 Å². The largest absolute Gasteiger partial charge is 0.394 e. The molecule has 3 aliphatic rings. The van der Waals surface area contributed by atoms with Gasteiger partial charge in [0.1, 0.15) is 0 Å². The van der Waals surface area contributed by atoms with Crippen molar-refractivity contribution in [1.29, 1.82) is 0 Å². The van der Waals surface area contributed by atoms with Gasteiger partial charge >= 0.3 is 0 Å². The maximum atomic E-state index is 12.2. The second-order valence-electron chi connectivity index (χ2n) is 7.06. The third kappa shape index (κ3) is 1.85. The van der Waals surface area contributed by atoms with Crippen molar-refractivity contribution in [3.05, 3.63) is 11.3 Å². The molecule has 0 aromatic carbocycles. The lowest BCUT2D eigenvalue weighted by atomic mass is 9.93. The van der Waals surface area contributed by atoms with Crippen LogP contribution in [0, 0.1) is 17.3 Å². The molecule has 1 aliphatic heterocycles. The lowest BCUT2D eigenvalue weighted by Gasteiger charge is -2.38. The van der Waals surface area contributed by atoms with E-state index < -0.39 is 0 Å². The van der Waals surface area contributed by atoms with Crippen LogP contribution in [0.25, 0.3) is 0 Å². The molecule has 3 nitrogen and oxygen atoms in total. The van der Waals surface area contributed by atoms with Crippen LogP contribution in [0.2, 0.25) is 0 Å². The van der Waals surface area contributed by atoms with Gasteiger partial charge in [0.15, 0.2) is 5.78 Å². The minimum absolute atomic E-state index is 0.205. The summed E-state index contributed by atoms with van der Waals surface area (Å²) < 4.78 is 0. The zero-order chi connectivity index (χ0) is 13.8. The average molecular weight is 263 g/mol. The first-order valence-corrected chi connectivity index (χ1v) is 7.60. The molecule has 2 aliphatic carbocycles. The topological polar surface area (TPSA) is 40.5 Å². The van der Waals surface area contributed by atoms with Crippen LogP contribution in [-0.2, 0) is 4.79 Å². The summed E-state index contributed by atoms with van der Waals surface area (Å²) in [6.07, 6.45) is 4.15. The summed E-state index contributed by atoms with van der Waals surface area (Å²) in [5, 5.41) is 9.55. The Morgan fingerprint density at radius 3 is 2.79 bits per heavy atom. The Hall–Kier alpha value is -0.830. The minimum atomic E-state index is 0.205. The smallest absolute Gasteiger partial charge is 0.161 e. The number of aliphatic hydroxyl groups is 1. The fourth-order valence-corrected chi connectivity index (χ4v) is 4.39. The highest BCUT2D eigenvalue weighted by Gasteiger charge is 2.65. The Morgan fingerprint density at radius 2 is 2.16 bits per heavy atom. The molecule has 1 heterocycles. The Bertz CT molecular complexity index is 438. The number of piperidine rings is 1. The van der Waals surface area contributed by atoms with Crippen molar-refractivity contribution in [2.45, 2.75) is 52.5 Å². The Kier molecular flexibility index (Phi) is 3.01. The van der Waals surface area contributed by atoms with Crippen LogP contribution in [0.15, 0.2) is 11.3 Å². The van der Waals surface area contributed by atoms with Gasteiger partial charge in [-0.15, -0.1) is 0 Å². The molecule has 3 atom stereocenters. The number of nitrogens with zero attached hydrogens (tertiary/aromatic N) is 1. The minimum Gasteiger partial charge on any atom is -0.394 e. The number of hydrogen-bond donors (Lipinski definition) is 1. The van der Waals surface area contributed by atoms with Crippen molar-refractivity contribution in [3.63, 3.8) is 0 Å². The number of Topliss-reactive ketones (excluding diaryl/α,β-unsaturated/α-hetero) is 1. The number of carbonyl (C=O) groups excluding carboxylic acids is 1. The zero-order valence-corrected chi connectivity index (χ0v) is 12.3. The molecule has 106 valence electrons. The number of carbonyl (C=O) groups is 1. The van der Waals surface area contributed by atoms with E-state index >= 15 is 0 Å². The van der Waals surface area contributed by atoms with Gasteiger partial charge in [-0.1, -0.05) is 13.8 Å². The van der Waals surface area contributed by atoms with E-state index in [1.54, 1.807) is 0 Å². The van der Waals surface area contributed by atoms with E-state index in [0.717, 1.165) is 30.7 Å². The van der Waals surface area contributed by atoms with E-state index in [9.17, 15) is 9.90 Å². The molecular weight excluding hydrogens is 238 g/mol. The number of aliphatic hydroxyl groups excluding tert-OH is 1. The number of ketones is 1. The Balaban J connectivity index is 1.90. The molecule has 3 heteroatoms. The molecule has 2 saturated carbocycles. The van der Waals surface area contributed by atoms with Crippen molar-refractivity contribution < 1.29 is 9.90 Å². The van der Waals surface area contributed by atoms with Crippen LogP contribution in [-0.4, -0.2) is 35.0 Å². The highest BCUT2D eigenvalue weighted by atomic mass is 16.3. The second kappa shape index (κ2) is 4.34. The maximum Gasteiger partial charge on any atom is 0.161 e. The van der Waals surface area contributed by atoms with Gasteiger partial charge in [0.25, 0.3) is 0 Å². The molecule has 3 fully saturated rings. The predicted octanol–water partition coefficient (Wildman–Crippen LogP) is 2.35. The molecule has 0 aromatic rings. The summed E-state index contributed by atoms with van der Waals surface area (Å²) in [5.74, 6) is 1.40. The zero-order valence-electron chi connectivity index (χ0n) is 12.3. The second-order valence-corrected chi connectivity index (χ2v) is 7.06. The van der Waals surface area contributed by atoms with Crippen LogP contribution in [0.5, 0.6) is 0 Å². The fraction of sp³-hybridized carbons (Fsp3) is 0.812. The summed E-state index contributed by atoms with van der Waals surface area (Å²) >= 11 is 0. The molecule has 19 heavy (non-hydrogen) atoms. The summed E-state index contributed by atoms with van der Waals surface area (Å²) in [6.45, 7) is 7.85. The van der Waals surface area contributed by atoms with Gasteiger partial charge in [0, 0.05) is 24.2 Å². The Labute approximate surface area is 115 Å². The van der Waals surface area contributed by atoms with Crippen molar-refractivity contribution in [1.82, 2.24) is 4.90 Å². The van der Waals surface area contributed by atoms with Gasteiger partial charge in [0.2, 0.25) is 0 Å². The highest BCUT2D eigenvalue weighted by molar-refractivity contribution is 6.01. The molecule has 1 N–H and O–H groups in total. The normalized spacial score (nSPS) is 39.3. The third-order valence-electron chi connectivity index (χ3n) is 5.73. The van der Waals surface area contributed by atoms with E-state index in [-0.39, 0.29) is 12.6 Å². The predicted molar refractivity (Wildman–Crippen MR) is 74.5 cm³/mol. The van der Waals surface area contributed by atoms with Crippen LogP contribution in [0.1, 0.15) is 46.5 Å². The van der Waals surface area contributed by atoms with Gasteiger partial charge < -0.3 is 10.0 Å². The first-order valence-electron chi connectivity index (χ1n) is 7.60. The maximum absolute atomic E-state index is 12.2. The van der Waals surface area contributed by atoms with Crippen LogP contribution >= 0.6 is 0 Å². The lowest BCUT2D eigenvalue weighted by molar-refractivity contribution is -0.115. The van der Waals surface area contributed by atoms with E-state index in [1.165, 1.54) is 12.8 Å². The van der Waals surface area contributed by atoms with Gasteiger partial charge in [-0.2, -0.15) is 0 Å². The van der Waals surface area contributed by atoms with Crippen LogP contribution < -0.4 is 0 Å². The van der Waals surface area contributed by atoms with Crippen molar-refractivity contribution >= 4 is 5.78 Å². The molecule has 0 amide bonds. The molecule has 0 aromatic heterocycles. The van der Waals surface area contributed by atoms with Crippen molar-refractivity contribution in [2.75, 3.05) is 13.2 Å². The average Bonchev–Trinajstić information content (AvgIpc) is 2.74. The van der Waals surface area contributed by atoms with Gasteiger partial charge in [-0.25, -0.2) is 0 Å². The fourth-order valence-electron chi connectivity index (χ4n) is 4.39. The number of rotatable bonds is 2. The molecule has 0 radical (unpaired) electrons. The standard InChI is InChI=1S/C16H25NO2/c1-10(17-7-5-4-6-11(17)9-18)14-13(19)8-12-15(14)16(12,2)3/h11-12,15,18H,4-9H2,1-3H3/b14-10-/t11-,12+,15+/m0/s1. The first-order chi connectivity index (χ1) is 8.98. The summed E-state index contributed by atoms with van der Waals surface area (Å²) in [6, 6.07) is 0.218. The number of allylic oxidation sites excluding steroid dienone is 2. The summed E-state index contributed by atoms with van der Waals surface area (Å²) in [4.78, 5) is 14.5. The molecule has 0 spiro atoms. The van der Waals surface area contributed by atoms with Gasteiger partial charge in [0.05, 0.1) is 12.6 Å². The monoisotopic (exact) mass is 263 g/mol. The van der Waals surface area contributed by atoms with E-state index in [0.29, 0.717) is 23.0 Å². The van der Waals surface area contributed by atoms with Gasteiger partial charge in [-0.3, -0.25) is 4.79 Å². The summed E-state index contributed by atoms with van der Waals surface area (Å²) in [7, 11) is 0. The molecular formula is C16H25NO2. The quantitative estimate of drug-likeness (QED) is 0.778. The van der Waals surface area contributed by atoms with E-state index in [4.69, 9.17) is 0 Å². The van der Waals surface area contributed by atoms with E-state index in [2.05, 4.69) is 25.7 Å². The number of likely N-dealkylation sites (tertiary alicyclic amines) is 1. The molecule has 0 unspecified atom stereocenters. The highest BCUT2D eigenvalue weighted by Crippen LogP contribution is 2.68. The molecule has 0 bridgehead atoms. The van der Waals surface area contributed by atoms with Crippen LogP contribution in [0.4, 0.5) is 0 Å². The Morgan fingerprint density at radius 1 is 1.42 bits per heavy atom. The molecule has 3 rings (SSSR count).